The molecule has 23 heavy (non-hydrogen) atoms. The fourth-order valence-electron chi connectivity index (χ4n) is 2.06. The molecule has 0 radical (unpaired) electrons. The van der Waals surface area contributed by atoms with E-state index in [1.165, 1.54) is 18.4 Å². The van der Waals surface area contributed by atoms with Crippen molar-refractivity contribution in [1.82, 2.24) is 4.98 Å². The molecule has 0 aliphatic carbocycles. The van der Waals surface area contributed by atoms with Gasteiger partial charge in [0.05, 0.1) is 12.1 Å². The largest absolute Gasteiger partial charge is 0.481 e. The Bertz CT molecular complexity index is 740. The average Bonchev–Trinajstić information content (AvgIpc) is 2.83. The number of nitrogens with zero attached hydrogens (tertiary/aromatic N) is 1. The van der Waals surface area contributed by atoms with E-state index in [0.717, 1.165) is 16.7 Å². The number of hydrogen-bond donors (Lipinski definition) is 2. The summed E-state index contributed by atoms with van der Waals surface area (Å²) in [5, 5.41) is 12.1. The van der Waals surface area contributed by atoms with Gasteiger partial charge in [-0.3, -0.25) is 14.9 Å². The molecule has 0 spiro atoms. The second-order valence-electron chi connectivity index (χ2n) is 5.14. The number of rotatable bonds is 6. The molecule has 0 aliphatic rings. The summed E-state index contributed by atoms with van der Waals surface area (Å²) >= 11 is 1.17. The number of benzene rings is 1. The summed E-state index contributed by atoms with van der Waals surface area (Å²) in [5.41, 5.74) is 3.68. The normalized spacial score (nSPS) is 10.6. The van der Waals surface area contributed by atoms with Gasteiger partial charge in [0.2, 0.25) is 0 Å². The van der Waals surface area contributed by atoms with Crippen LogP contribution in [0.4, 0.5) is 5.13 Å². The Hall–Kier alpha value is -2.25. The molecule has 1 amide bonds. The first-order valence-corrected chi connectivity index (χ1v) is 7.80. The number of aliphatic carboxylic acids is 1. The van der Waals surface area contributed by atoms with Crippen LogP contribution < -0.4 is 5.32 Å². The molecule has 1 aromatic heterocycles. The first kappa shape index (κ1) is 17.1. The predicted octanol–water partition coefficient (Wildman–Crippen LogP) is 2.64. The minimum atomic E-state index is -0.937. The maximum atomic E-state index is 11.6. The molecule has 0 fully saturated rings. The third kappa shape index (κ3) is 4.37. The van der Waals surface area contributed by atoms with Crippen molar-refractivity contribution in [2.75, 3.05) is 19.0 Å². The Labute approximate surface area is 138 Å². The standard InChI is InChI=1S/C16H18N2O4S/c1-9-4-5-11(6-10(9)2)15-12(7-14(20)21)23-16(18-15)17-13(19)8-22-3/h4-6H,7-8H2,1-3H3,(H,20,21)(H,17,18,19). The number of carboxylic acids is 1. The molecule has 1 aromatic carbocycles. The molecule has 7 heteroatoms. The molecule has 0 saturated carbocycles. The van der Waals surface area contributed by atoms with Gasteiger partial charge in [-0.05, 0) is 31.0 Å². The van der Waals surface area contributed by atoms with Crippen LogP contribution in [0.2, 0.25) is 0 Å². The molecular weight excluding hydrogens is 316 g/mol. The van der Waals surface area contributed by atoms with E-state index in [0.29, 0.717) is 15.7 Å². The average molecular weight is 334 g/mol. The predicted molar refractivity (Wildman–Crippen MR) is 88.9 cm³/mol. The quantitative estimate of drug-likeness (QED) is 0.848. The Morgan fingerprint density at radius 3 is 2.65 bits per heavy atom. The van der Waals surface area contributed by atoms with Gasteiger partial charge in [0.1, 0.15) is 6.61 Å². The van der Waals surface area contributed by atoms with Crippen molar-refractivity contribution >= 4 is 28.3 Å². The molecule has 0 saturated heterocycles. The minimum Gasteiger partial charge on any atom is -0.481 e. The summed E-state index contributed by atoms with van der Waals surface area (Å²) < 4.78 is 4.76. The highest BCUT2D eigenvalue weighted by atomic mass is 32.1. The van der Waals surface area contributed by atoms with Crippen molar-refractivity contribution in [2.24, 2.45) is 0 Å². The van der Waals surface area contributed by atoms with Crippen molar-refractivity contribution in [3.05, 3.63) is 34.2 Å². The number of carbonyl (C=O) groups excluding carboxylic acids is 1. The molecule has 6 nitrogen and oxygen atoms in total. The van der Waals surface area contributed by atoms with Gasteiger partial charge in [-0.15, -0.1) is 11.3 Å². The second-order valence-corrected chi connectivity index (χ2v) is 6.23. The van der Waals surface area contributed by atoms with Crippen LogP contribution in [0.15, 0.2) is 18.2 Å². The lowest BCUT2D eigenvalue weighted by molar-refractivity contribution is -0.136. The molecule has 0 bridgehead atoms. The van der Waals surface area contributed by atoms with E-state index < -0.39 is 5.97 Å². The molecule has 2 aromatic rings. The molecule has 2 rings (SSSR count). The first-order valence-electron chi connectivity index (χ1n) is 6.98. The summed E-state index contributed by atoms with van der Waals surface area (Å²) in [4.78, 5) is 27.7. The van der Waals surface area contributed by atoms with Crippen molar-refractivity contribution in [1.29, 1.82) is 0 Å². The maximum Gasteiger partial charge on any atom is 0.308 e. The topological polar surface area (TPSA) is 88.5 Å². The third-order valence-electron chi connectivity index (χ3n) is 3.31. The Kier molecular flexibility index (Phi) is 5.46. The summed E-state index contributed by atoms with van der Waals surface area (Å²) in [5.74, 6) is -1.26. The summed E-state index contributed by atoms with van der Waals surface area (Å²) in [6.45, 7) is 3.92. The first-order chi connectivity index (χ1) is 10.9. The lowest BCUT2D eigenvalue weighted by Gasteiger charge is -2.04. The van der Waals surface area contributed by atoms with Gasteiger partial charge in [0, 0.05) is 17.6 Å². The van der Waals surface area contributed by atoms with Gasteiger partial charge in [-0.2, -0.15) is 0 Å². The number of aromatic nitrogens is 1. The van der Waals surface area contributed by atoms with Crippen molar-refractivity contribution in [3.63, 3.8) is 0 Å². The number of nitrogens with one attached hydrogen (secondary N) is 1. The molecule has 1 heterocycles. The van der Waals surface area contributed by atoms with Crippen LogP contribution in [0.5, 0.6) is 0 Å². The minimum absolute atomic E-state index is 0.0766. The SMILES string of the molecule is COCC(=O)Nc1nc(-c2ccc(C)c(C)c2)c(CC(=O)O)s1. The summed E-state index contributed by atoms with van der Waals surface area (Å²) in [6.07, 6.45) is -0.139. The van der Waals surface area contributed by atoms with Gasteiger partial charge in [0.15, 0.2) is 5.13 Å². The zero-order valence-electron chi connectivity index (χ0n) is 13.2. The number of carbonyl (C=O) groups is 2. The van der Waals surface area contributed by atoms with E-state index in [-0.39, 0.29) is 18.9 Å². The van der Waals surface area contributed by atoms with Gasteiger partial charge < -0.3 is 9.84 Å². The van der Waals surface area contributed by atoms with Crippen LogP contribution in [0.1, 0.15) is 16.0 Å². The van der Waals surface area contributed by atoms with Crippen LogP contribution in [-0.2, 0) is 20.7 Å². The molecule has 2 N–H and O–H groups in total. The number of thiazole rings is 1. The van der Waals surface area contributed by atoms with E-state index in [1.54, 1.807) is 0 Å². The fourth-order valence-corrected chi connectivity index (χ4v) is 3.05. The molecule has 122 valence electrons. The maximum absolute atomic E-state index is 11.6. The van der Waals surface area contributed by atoms with Crippen molar-refractivity contribution in [2.45, 2.75) is 20.3 Å². The highest BCUT2D eigenvalue weighted by Gasteiger charge is 2.17. The number of methoxy groups -OCH3 is 1. The lowest BCUT2D eigenvalue weighted by atomic mass is 10.0. The van der Waals surface area contributed by atoms with Gasteiger partial charge in [-0.25, -0.2) is 4.98 Å². The second kappa shape index (κ2) is 7.34. The number of carboxylic acid groups (broad SMARTS) is 1. The zero-order chi connectivity index (χ0) is 17.0. The molecule has 0 atom stereocenters. The monoisotopic (exact) mass is 334 g/mol. The third-order valence-corrected chi connectivity index (χ3v) is 4.28. The summed E-state index contributed by atoms with van der Waals surface area (Å²) in [7, 11) is 1.43. The Morgan fingerprint density at radius 2 is 2.04 bits per heavy atom. The zero-order valence-corrected chi connectivity index (χ0v) is 14.0. The number of amides is 1. The lowest BCUT2D eigenvalue weighted by Crippen LogP contribution is -2.16. The summed E-state index contributed by atoms with van der Waals surface area (Å²) in [6, 6.07) is 5.84. The highest BCUT2D eigenvalue weighted by Crippen LogP contribution is 2.32. The van der Waals surface area contributed by atoms with Crippen LogP contribution in [-0.4, -0.2) is 35.7 Å². The van der Waals surface area contributed by atoms with Gasteiger partial charge >= 0.3 is 5.97 Å². The van der Waals surface area contributed by atoms with Crippen molar-refractivity contribution in [3.8, 4) is 11.3 Å². The van der Waals surface area contributed by atoms with Crippen molar-refractivity contribution < 1.29 is 19.4 Å². The highest BCUT2D eigenvalue weighted by molar-refractivity contribution is 7.16. The number of aryl methyl sites for hydroxylation is 2. The molecular formula is C16H18N2O4S. The number of ether oxygens (including phenoxy) is 1. The Balaban J connectivity index is 2.39. The van der Waals surface area contributed by atoms with Gasteiger partial charge in [-0.1, -0.05) is 12.1 Å². The van der Waals surface area contributed by atoms with Crippen LogP contribution in [0, 0.1) is 13.8 Å². The Morgan fingerprint density at radius 1 is 1.30 bits per heavy atom. The smallest absolute Gasteiger partial charge is 0.308 e. The van der Waals surface area contributed by atoms with Crippen LogP contribution in [0.3, 0.4) is 0 Å². The van der Waals surface area contributed by atoms with E-state index in [9.17, 15) is 9.59 Å². The molecule has 0 unspecified atom stereocenters. The van der Waals surface area contributed by atoms with Crippen LogP contribution >= 0.6 is 11.3 Å². The van der Waals surface area contributed by atoms with E-state index in [4.69, 9.17) is 9.84 Å². The number of hydrogen-bond acceptors (Lipinski definition) is 5. The molecule has 0 aliphatic heterocycles. The van der Waals surface area contributed by atoms with E-state index in [1.807, 2.05) is 32.0 Å². The number of anilines is 1. The van der Waals surface area contributed by atoms with Gasteiger partial charge in [0.25, 0.3) is 5.91 Å². The van der Waals surface area contributed by atoms with E-state index >= 15 is 0 Å². The fraction of sp³-hybridized carbons (Fsp3) is 0.312. The van der Waals surface area contributed by atoms with Crippen LogP contribution in [0.25, 0.3) is 11.3 Å². The van der Waals surface area contributed by atoms with E-state index in [2.05, 4.69) is 10.3 Å².